The highest BCUT2D eigenvalue weighted by Crippen LogP contribution is 2.29. The van der Waals surface area contributed by atoms with Crippen LogP contribution in [-0.2, 0) is 7.05 Å². The lowest BCUT2D eigenvalue weighted by molar-refractivity contribution is 0.0691. The molecule has 192 valence electrons. The molecule has 4 aromatic heterocycles. The third kappa shape index (κ3) is 4.59. The van der Waals surface area contributed by atoms with Crippen LogP contribution in [0.4, 0.5) is 5.69 Å². The largest absolute Gasteiger partial charge is 0.476 e. The molecule has 4 heterocycles. The molecule has 5 rings (SSSR count). The van der Waals surface area contributed by atoms with Crippen molar-refractivity contribution in [2.24, 2.45) is 7.05 Å². The Labute approximate surface area is 221 Å². The Hall–Kier alpha value is -4.64. The maximum absolute atomic E-state index is 13.4. The third-order valence-corrected chi connectivity index (χ3v) is 6.25. The summed E-state index contributed by atoms with van der Waals surface area (Å²) in [6.45, 7) is 5.44. The summed E-state index contributed by atoms with van der Waals surface area (Å²) in [6, 6.07) is 9.87. The van der Waals surface area contributed by atoms with Crippen LogP contribution in [0.3, 0.4) is 0 Å². The van der Waals surface area contributed by atoms with Gasteiger partial charge in [0.25, 0.3) is 5.56 Å². The first-order chi connectivity index (χ1) is 18.1. The monoisotopic (exact) mass is 531 g/mol. The minimum Gasteiger partial charge on any atom is -0.476 e. The Morgan fingerprint density at radius 3 is 2.58 bits per heavy atom. The van der Waals surface area contributed by atoms with E-state index in [0.717, 1.165) is 11.1 Å². The molecule has 38 heavy (non-hydrogen) atoms. The average Bonchev–Trinajstić information content (AvgIpc) is 3.33. The van der Waals surface area contributed by atoms with Crippen molar-refractivity contribution >= 4 is 34.2 Å². The molecule has 0 saturated carbocycles. The summed E-state index contributed by atoms with van der Waals surface area (Å²) in [6.07, 6.45) is 1.60. The number of hydrogen-bond acceptors (Lipinski definition) is 9. The first-order valence-corrected chi connectivity index (χ1v) is 11.9. The Morgan fingerprint density at radius 1 is 1.13 bits per heavy atom. The van der Waals surface area contributed by atoms with Crippen molar-refractivity contribution in [2.45, 2.75) is 26.8 Å². The number of rotatable bonds is 6. The molecule has 0 aliphatic heterocycles. The van der Waals surface area contributed by atoms with Gasteiger partial charge in [0.15, 0.2) is 5.69 Å². The van der Waals surface area contributed by atoms with Crippen LogP contribution in [-0.4, -0.2) is 40.7 Å². The molecule has 0 spiro atoms. The molecular weight excluding hydrogens is 510 g/mol. The summed E-state index contributed by atoms with van der Waals surface area (Å²) in [5.74, 6) is 0.00408. The molecule has 12 heteroatoms. The van der Waals surface area contributed by atoms with Gasteiger partial charge in [-0.2, -0.15) is 4.98 Å². The predicted octanol–water partition coefficient (Wildman–Crippen LogP) is 4.58. The van der Waals surface area contributed by atoms with Crippen molar-refractivity contribution in [1.82, 2.24) is 29.7 Å². The van der Waals surface area contributed by atoms with Gasteiger partial charge in [-0.3, -0.25) is 14.3 Å². The molecule has 0 bridgehead atoms. The molecule has 5 aromatic rings. The van der Waals surface area contributed by atoms with Crippen molar-refractivity contribution < 1.29 is 14.4 Å². The Morgan fingerprint density at radius 2 is 1.92 bits per heavy atom. The second-order valence-corrected chi connectivity index (χ2v) is 9.21. The number of carboxylic acids is 1. The fourth-order valence-corrected chi connectivity index (χ4v) is 4.38. The lowest BCUT2D eigenvalue weighted by Crippen LogP contribution is -2.22. The molecule has 0 amide bonds. The Bertz CT molecular complexity index is 1760. The SMILES string of the molecule is Cc1cc([C@@H](C)Nc2ccc(Cl)nc2C(=O)O)c2nc(-c3ccc(-c4noc(C)n4)nc3)n(C)c(=O)c2c1. The number of fused-ring (bicyclic) bond motifs is 1. The first-order valence-electron chi connectivity index (χ1n) is 11.6. The Balaban J connectivity index is 1.60. The van der Waals surface area contributed by atoms with Crippen molar-refractivity contribution in [2.75, 3.05) is 5.32 Å². The fourth-order valence-electron chi connectivity index (χ4n) is 4.23. The van der Waals surface area contributed by atoms with E-state index in [1.54, 1.807) is 44.4 Å². The molecule has 0 saturated heterocycles. The van der Waals surface area contributed by atoms with Crippen LogP contribution in [0.25, 0.3) is 33.8 Å². The van der Waals surface area contributed by atoms with E-state index in [1.807, 2.05) is 19.9 Å². The van der Waals surface area contributed by atoms with Gasteiger partial charge in [0, 0.05) is 31.3 Å². The summed E-state index contributed by atoms with van der Waals surface area (Å²) >= 11 is 5.90. The molecule has 0 aliphatic rings. The average molecular weight is 532 g/mol. The number of aromatic nitrogens is 6. The summed E-state index contributed by atoms with van der Waals surface area (Å²) < 4.78 is 6.50. The second-order valence-electron chi connectivity index (χ2n) is 8.82. The van der Waals surface area contributed by atoms with Gasteiger partial charge in [-0.15, -0.1) is 0 Å². The predicted molar refractivity (Wildman–Crippen MR) is 141 cm³/mol. The number of nitrogens with one attached hydrogen (secondary N) is 1. The second kappa shape index (κ2) is 9.67. The fraction of sp³-hybridized carbons (Fsp3) is 0.192. The Kier molecular flexibility index (Phi) is 6.37. The van der Waals surface area contributed by atoms with E-state index in [1.165, 1.54) is 10.6 Å². The van der Waals surface area contributed by atoms with Crippen LogP contribution >= 0.6 is 11.6 Å². The molecule has 0 fully saturated rings. The van der Waals surface area contributed by atoms with Crippen LogP contribution in [0, 0.1) is 13.8 Å². The number of aryl methyl sites for hydroxylation is 2. The van der Waals surface area contributed by atoms with E-state index in [2.05, 4.69) is 25.4 Å². The van der Waals surface area contributed by atoms with Gasteiger partial charge in [-0.25, -0.2) is 14.8 Å². The maximum Gasteiger partial charge on any atom is 0.356 e. The molecule has 0 aliphatic carbocycles. The minimum atomic E-state index is -1.21. The standard InChI is InChI=1S/C26H22ClN7O4/c1-12-9-16(13(2)29-18-7-8-20(27)31-22(18)26(36)37)21-17(10-12)25(35)34(4)24(32-21)15-5-6-19(28-11-15)23-30-14(3)38-33-23/h5-11,13,29H,1-4H3,(H,36,37)/t13-/m1/s1. The van der Waals surface area contributed by atoms with Gasteiger partial charge >= 0.3 is 5.97 Å². The van der Waals surface area contributed by atoms with Crippen LogP contribution < -0.4 is 10.9 Å². The van der Waals surface area contributed by atoms with Gasteiger partial charge < -0.3 is 14.9 Å². The van der Waals surface area contributed by atoms with Crippen LogP contribution in [0.5, 0.6) is 0 Å². The van der Waals surface area contributed by atoms with Crippen LogP contribution in [0.2, 0.25) is 5.15 Å². The van der Waals surface area contributed by atoms with E-state index >= 15 is 0 Å². The van der Waals surface area contributed by atoms with Crippen LogP contribution in [0.15, 0.2) is 51.9 Å². The number of nitrogens with zero attached hydrogens (tertiary/aromatic N) is 6. The van der Waals surface area contributed by atoms with Crippen LogP contribution in [0.1, 0.15) is 40.5 Å². The van der Waals surface area contributed by atoms with Gasteiger partial charge in [0.05, 0.1) is 22.6 Å². The number of carboxylic acid groups (broad SMARTS) is 1. The van der Waals surface area contributed by atoms with Gasteiger partial charge in [-0.1, -0.05) is 22.8 Å². The first kappa shape index (κ1) is 25.0. The number of halogens is 1. The number of anilines is 1. The molecular formula is C26H22ClN7O4. The number of benzene rings is 1. The third-order valence-electron chi connectivity index (χ3n) is 6.03. The molecule has 0 unspecified atom stereocenters. The summed E-state index contributed by atoms with van der Waals surface area (Å²) in [7, 11) is 1.66. The molecule has 0 radical (unpaired) electrons. The zero-order chi connectivity index (χ0) is 27.1. The van der Waals surface area contributed by atoms with E-state index in [-0.39, 0.29) is 16.4 Å². The molecule has 2 N–H and O–H groups in total. The highest BCUT2D eigenvalue weighted by Gasteiger charge is 2.20. The van der Waals surface area contributed by atoms with Gasteiger partial charge in [-0.05, 0) is 49.7 Å². The smallest absolute Gasteiger partial charge is 0.356 e. The van der Waals surface area contributed by atoms with E-state index in [9.17, 15) is 14.7 Å². The normalized spacial score (nSPS) is 12.0. The molecule has 11 nitrogen and oxygen atoms in total. The topological polar surface area (TPSA) is 149 Å². The van der Waals surface area contributed by atoms with E-state index in [0.29, 0.717) is 45.4 Å². The van der Waals surface area contributed by atoms with Gasteiger partial charge in [0.2, 0.25) is 11.7 Å². The number of pyridine rings is 2. The molecule has 1 aromatic carbocycles. The number of aromatic carboxylic acids is 1. The van der Waals surface area contributed by atoms with E-state index in [4.69, 9.17) is 21.1 Å². The lowest BCUT2D eigenvalue weighted by atomic mass is 10.0. The number of hydrogen-bond donors (Lipinski definition) is 2. The van der Waals surface area contributed by atoms with E-state index < -0.39 is 12.0 Å². The van der Waals surface area contributed by atoms with Crippen molar-refractivity contribution in [1.29, 1.82) is 0 Å². The highest BCUT2D eigenvalue weighted by atomic mass is 35.5. The van der Waals surface area contributed by atoms with Crippen molar-refractivity contribution in [3.05, 3.63) is 80.8 Å². The zero-order valence-electron chi connectivity index (χ0n) is 20.9. The summed E-state index contributed by atoms with van der Waals surface area (Å²) in [4.78, 5) is 42.5. The van der Waals surface area contributed by atoms with Crippen molar-refractivity contribution in [3.63, 3.8) is 0 Å². The molecule has 1 atom stereocenters. The highest BCUT2D eigenvalue weighted by molar-refractivity contribution is 6.29. The number of carbonyl (C=O) groups is 1. The quantitative estimate of drug-likeness (QED) is 0.298. The summed E-state index contributed by atoms with van der Waals surface area (Å²) in [5, 5.41) is 17.2. The van der Waals surface area contributed by atoms with Gasteiger partial charge in [0.1, 0.15) is 16.7 Å². The zero-order valence-corrected chi connectivity index (χ0v) is 21.6. The minimum absolute atomic E-state index is 0.0745. The maximum atomic E-state index is 13.4. The van der Waals surface area contributed by atoms with Crippen molar-refractivity contribution in [3.8, 4) is 22.9 Å². The summed E-state index contributed by atoms with van der Waals surface area (Å²) in [5.41, 5.74) is 3.09. The lowest BCUT2D eigenvalue weighted by Gasteiger charge is -2.20.